The summed E-state index contributed by atoms with van der Waals surface area (Å²) in [5.74, 6) is -1.61. The number of esters is 1. The van der Waals surface area contributed by atoms with Crippen molar-refractivity contribution in [1.82, 2.24) is 5.32 Å². The largest absolute Gasteiger partial charge is 0.496 e. The zero-order valence-corrected chi connectivity index (χ0v) is 22.9. The van der Waals surface area contributed by atoms with Crippen LogP contribution in [0.2, 0.25) is 0 Å². The van der Waals surface area contributed by atoms with Gasteiger partial charge in [0.1, 0.15) is 11.3 Å². The van der Waals surface area contributed by atoms with Crippen molar-refractivity contribution in [3.05, 3.63) is 97.4 Å². The second kappa shape index (κ2) is 11.1. The Labute approximate surface area is 229 Å². The summed E-state index contributed by atoms with van der Waals surface area (Å²) in [6.07, 6.45) is 1.97. The maximum atomic E-state index is 13.2. The minimum absolute atomic E-state index is 0.191. The lowest BCUT2D eigenvalue weighted by Crippen LogP contribution is -2.54. The van der Waals surface area contributed by atoms with Crippen molar-refractivity contribution in [3.63, 3.8) is 0 Å². The fourth-order valence-electron chi connectivity index (χ4n) is 3.82. The van der Waals surface area contributed by atoms with Crippen LogP contribution in [0.1, 0.15) is 27.0 Å². The highest BCUT2D eigenvalue weighted by atomic mass is 79.9. The van der Waals surface area contributed by atoms with E-state index in [1.54, 1.807) is 19.2 Å². The van der Waals surface area contributed by atoms with Gasteiger partial charge >= 0.3 is 12.0 Å². The number of urea groups is 1. The van der Waals surface area contributed by atoms with Gasteiger partial charge < -0.3 is 9.47 Å². The van der Waals surface area contributed by atoms with Gasteiger partial charge in [-0.25, -0.2) is 14.5 Å². The highest BCUT2D eigenvalue weighted by Crippen LogP contribution is 2.34. The SMILES string of the molecule is COC(=O)c1ccc(N2C(=O)NC(=O)/C(=C\c3cc(Br)c(Cc4ccccc4Br)c(OC)c3)C2=O)cc1. The second-order valence-electron chi connectivity index (χ2n) is 7.95. The molecular formula is C27H20Br2N2O6. The smallest absolute Gasteiger partial charge is 0.337 e. The van der Waals surface area contributed by atoms with E-state index in [2.05, 4.69) is 41.9 Å². The first kappa shape index (κ1) is 26.3. The molecule has 188 valence electrons. The topological polar surface area (TPSA) is 102 Å². The van der Waals surface area contributed by atoms with Crippen LogP contribution >= 0.6 is 31.9 Å². The maximum absolute atomic E-state index is 13.2. The van der Waals surface area contributed by atoms with Crippen LogP contribution in [0.25, 0.3) is 6.08 Å². The number of anilines is 1. The average Bonchev–Trinajstić information content (AvgIpc) is 2.88. The number of benzene rings is 3. The van der Waals surface area contributed by atoms with E-state index in [0.717, 1.165) is 25.0 Å². The standard InChI is InChI=1S/C27H20Br2N2O6/c1-36-23-13-15(12-22(29)19(23)14-17-5-3-4-6-21(17)28)11-20-24(32)30-27(35)31(25(20)33)18-9-7-16(8-10-18)26(34)37-2/h3-13H,14H2,1-2H3,(H,30,32,35)/b20-11+. The molecule has 1 aliphatic heterocycles. The molecule has 1 N–H and O–H groups in total. The number of nitrogens with one attached hydrogen (secondary N) is 1. The highest BCUT2D eigenvalue weighted by Gasteiger charge is 2.37. The molecule has 4 amide bonds. The summed E-state index contributed by atoms with van der Waals surface area (Å²) in [7, 11) is 2.79. The third-order valence-electron chi connectivity index (χ3n) is 5.68. The summed E-state index contributed by atoms with van der Waals surface area (Å²) in [6.45, 7) is 0. The molecule has 4 rings (SSSR count). The molecule has 1 saturated heterocycles. The molecule has 8 nitrogen and oxygen atoms in total. The predicted octanol–water partition coefficient (Wildman–Crippen LogP) is 5.26. The summed E-state index contributed by atoms with van der Waals surface area (Å²) >= 11 is 7.15. The first-order chi connectivity index (χ1) is 17.7. The second-order valence-corrected chi connectivity index (χ2v) is 9.66. The number of nitrogens with zero attached hydrogens (tertiary/aromatic N) is 1. The van der Waals surface area contributed by atoms with E-state index in [4.69, 9.17) is 4.74 Å². The molecule has 0 unspecified atom stereocenters. The molecule has 37 heavy (non-hydrogen) atoms. The Kier molecular flexibility index (Phi) is 7.89. The van der Waals surface area contributed by atoms with Crippen molar-refractivity contribution in [2.75, 3.05) is 19.1 Å². The number of hydrogen-bond acceptors (Lipinski definition) is 6. The average molecular weight is 628 g/mol. The Morgan fingerprint density at radius 3 is 2.32 bits per heavy atom. The zero-order chi connectivity index (χ0) is 26.7. The van der Waals surface area contributed by atoms with E-state index in [0.29, 0.717) is 17.7 Å². The Morgan fingerprint density at radius 2 is 1.68 bits per heavy atom. The van der Waals surface area contributed by atoms with Gasteiger partial charge in [0.15, 0.2) is 0 Å². The fraction of sp³-hybridized carbons (Fsp3) is 0.111. The number of rotatable bonds is 6. The molecule has 1 aliphatic rings. The number of ether oxygens (including phenoxy) is 2. The highest BCUT2D eigenvalue weighted by molar-refractivity contribution is 9.10. The molecule has 0 aromatic heterocycles. The normalized spacial score (nSPS) is 14.5. The van der Waals surface area contributed by atoms with Gasteiger partial charge in [0.2, 0.25) is 0 Å². The molecule has 0 bridgehead atoms. The molecule has 0 aliphatic carbocycles. The number of barbiturate groups is 1. The molecule has 0 radical (unpaired) electrons. The van der Waals surface area contributed by atoms with Gasteiger partial charge in [-0.15, -0.1) is 0 Å². The lowest BCUT2D eigenvalue weighted by Gasteiger charge is -2.26. The van der Waals surface area contributed by atoms with Crippen molar-refractivity contribution < 1.29 is 28.7 Å². The van der Waals surface area contributed by atoms with E-state index in [1.807, 2.05) is 24.3 Å². The first-order valence-electron chi connectivity index (χ1n) is 10.9. The predicted molar refractivity (Wildman–Crippen MR) is 144 cm³/mol. The summed E-state index contributed by atoms with van der Waals surface area (Å²) in [5.41, 5.74) is 2.68. The number of halogens is 2. The zero-order valence-electron chi connectivity index (χ0n) is 19.7. The van der Waals surface area contributed by atoms with Crippen LogP contribution in [0.3, 0.4) is 0 Å². The molecule has 0 spiro atoms. The van der Waals surface area contributed by atoms with E-state index in [1.165, 1.54) is 37.5 Å². The Bertz CT molecular complexity index is 1450. The van der Waals surface area contributed by atoms with Gasteiger partial charge in [0.25, 0.3) is 11.8 Å². The van der Waals surface area contributed by atoms with Crippen LogP contribution in [-0.2, 0) is 20.7 Å². The minimum Gasteiger partial charge on any atom is -0.496 e. The van der Waals surface area contributed by atoms with E-state index < -0.39 is 23.8 Å². The molecule has 1 fully saturated rings. The summed E-state index contributed by atoms with van der Waals surface area (Å²) in [6, 6.07) is 16.1. The third-order valence-corrected chi connectivity index (χ3v) is 7.16. The Balaban J connectivity index is 1.68. The lowest BCUT2D eigenvalue weighted by molar-refractivity contribution is -0.122. The van der Waals surface area contributed by atoms with Crippen molar-refractivity contribution in [2.45, 2.75) is 6.42 Å². The van der Waals surface area contributed by atoms with Gasteiger partial charge in [0.05, 0.1) is 25.5 Å². The molecule has 1 heterocycles. The lowest BCUT2D eigenvalue weighted by atomic mass is 10.0. The summed E-state index contributed by atoms with van der Waals surface area (Å²) < 4.78 is 12.0. The molecule has 3 aromatic rings. The number of carbonyl (C=O) groups excluding carboxylic acids is 4. The van der Waals surface area contributed by atoms with E-state index >= 15 is 0 Å². The van der Waals surface area contributed by atoms with E-state index in [-0.39, 0.29) is 16.8 Å². The van der Waals surface area contributed by atoms with Crippen molar-refractivity contribution in [2.24, 2.45) is 0 Å². The van der Waals surface area contributed by atoms with Crippen LogP contribution in [0, 0.1) is 0 Å². The maximum Gasteiger partial charge on any atom is 0.337 e. The number of methoxy groups -OCH3 is 2. The van der Waals surface area contributed by atoms with Crippen molar-refractivity contribution >= 4 is 67.4 Å². The van der Waals surface area contributed by atoms with E-state index in [9.17, 15) is 19.2 Å². The molecule has 3 aromatic carbocycles. The van der Waals surface area contributed by atoms with Crippen molar-refractivity contribution in [1.29, 1.82) is 0 Å². The first-order valence-corrected chi connectivity index (χ1v) is 12.5. The summed E-state index contributed by atoms with van der Waals surface area (Å²) in [5, 5.41) is 2.19. The van der Waals surface area contributed by atoms with Crippen LogP contribution in [0.15, 0.2) is 75.2 Å². The van der Waals surface area contributed by atoms with Gasteiger partial charge in [-0.1, -0.05) is 50.1 Å². The number of amides is 4. The monoisotopic (exact) mass is 626 g/mol. The van der Waals surface area contributed by atoms with Crippen LogP contribution < -0.4 is 15.0 Å². The number of carbonyl (C=O) groups is 4. The number of hydrogen-bond donors (Lipinski definition) is 1. The van der Waals surface area contributed by atoms with Gasteiger partial charge in [-0.2, -0.15) is 0 Å². The van der Waals surface area contributed by atoms with Crippen LogP contribution in [-0.4, -0.2) is 38.0 Å². The summed E-state index contributed by atoms with van der Waals surface area (Å²) in [4.78, 5) is 50.9. The molecule has 0 atom stereocenters. The molecule has 10 heteroatoms. The van der Waals surface area contributed by atoms with Gasteiger partial charge in [-0.3, -0.25) is 14.9 Å². The van der Waals surface area contributed by atoms with Crippen LogP contribution in [0.5, 0.6) is 5.75 Å². The van der Waals surface area contributed by atoms with Crippen molar-refractivity contribution in [3.8, 4) is 5.75 Å². The third kappa shape index (κ3) is 5.50. The molecule has 0 saturated carbocycles. The Hall–Kier alpha value is -3.76. The quantitative estimate of drug-likeness (QED) is 0.227. The molecular weight excluding hydrogens is 608 g/mol. The van der Waals surface area contributed by atoms with Gasteiger partial charge in [-0.05, 0) is 59.7 Å². The Morgan fingerprint density at radius 1 is 0.973 bits per heavy atom. The number of imide groups is 2. The minimum atomic E-state index is -0.888. The van der Waals surface area contributed by atoms with Crippen LogP contribution in [0.4, 0.5) is 10.5 Å². The fourth-order valence-corrected chi connectivity index (χ4v) is 4.85. The van der Waals surface area contributed by atoms with Gasteiger partial charge in [0, 0.05) is 20.9 Å².